The van der Waals surface area contributed by atoms with Crippen molar-refractivity contribution in [2.75, 3.05) is 98.2 Å². The highest BCUT2D eigenvalue weighted by molar-refractivity contribution is 6.43. The van der Waals surface area contributed by atoms with Crippen LogP contribution in [0, 0.1) is 31.6 Å². The third kappa shape index (κ3) is 22.1. The van der Waals surface area contributed by atoms with Crippen molar-refractivity contribution in [3.05, 3.63) is 214 Å². The number of carbonyl (C=O) groups is 3. The Morgan fingerprint density at radius 3 is 1.24 bits per heavy atom. The van der Waals surface area contributed by atoms with Gasteiger partial charge in [-0.1, -0.05) is 148 Å². The number of nitrogens with zero attached hydrogens (tertiary/aromatic N) is 7. The number of piperidine rings is 6. The molecule has 6 aliphatic heterocycles. The molecular formula is C81H106Cl6N10O3. The predicted octanol–water partition coefficient (Wildman–Crippen LogP) is 17.1. The molecule has 3 N–H and O–H groups in total. The molecule has 7 aromatic rings. The van der Waals surface area contributed by atoms with Crippen LogP contribution in [0.2, 0.25) is 30.1 Å². The highest BCUT2D eigenvalue weighted by Gasteiger charge is 2.33. The van der Waals surface area contributed by atoms with Gasteiger partial charge in [-0.15, -0.1) is 0 Å². The van der Waals surface area contributed by atoms with Crippen molar-refractivity contribution in [1.82, 2.24) is 50.3 Å². The average Bonchev–Trinajstić information content (AvgIpc) is 0.843. The monoisotopic (exact) mass is 1480 g/mol. The van der Waals surface area contributed by atoms with E-state index in [0.717, 1.165) is 126 Å². The summed E-state index contributed by atoms with van der Waals surface area (Å²) in [4.78, 5) is 57.9. The van der Waals surface area contributed by atoms with Crippen LogP contribution in [0.15, 0.2) is 140 Å². The number of para-hydroxylation sites is 1. The Morgan fingerprint density at radius 2 is 0.810 bits per heavy atom. The summed E-state index contributed by atoms with van der Waals surface area (Å²) in [7, 11) is 0. The highest BCUT2D eigenvalue weighted by atomic mass is 35.5. The molecule has 1 aromatic heterocycles. The first-order valence-corrected chi connectivity index (χ1v) is 38.8. The van der Waals surface area contributed by atoms with E-state index in [1.165, 1.54) is 112 Å². The molecule has 3 unspecified atom stereocenters. The van der Waals surface area contributed by atoms with Gasteiger partial charge in [-0.05, 0) is 256 Å². The first kappa shape index (κ1) is 75.8. The van der Waals surface area contributed by atoms with Crippen molar-refractivity contribution in [3.63, 3.8) is 0 Å². The maximum Gasteiger partial charge on any atom is 0.253 e. The molecule has 19 heteroatoms. The first-order chi connectivity index (χ1) is 48.5. The van der Waals surface area contributed by atoms with E-state index in [2.05, 4.69) is 81.5 Å². The van der Waals surface area contributed by atoms with Gasteiger partial charge in [-0.3, -0.25) is 48.8 Å². The summed E-state index contributed by atoms with van der Waals surface area (Å²) in [5.74, 6) is 1.74. The molecule has 13 rings (SSSR count). The van der Waals surface area contributed by atoms with Crippen molar-refractivity contribution in [3.8, 4) is 0 Å². The summed E-state index contributed by atoms with van der Waals surface area (Å²) >= 11 is 36.7. The van der Waals surface area contributed by atoms with Crippen LogP contribution in [0.4, 0.5) is 0 Å². The molecule has 540 valence electrons. The lowest BCUT2D eigenvalue weighted by Crippen LogP contribution is -2.49. The lowest BCUT2D eigenvalue weighted by Gasteiger charge is -2.42. The van der Waals surface area contributed by atoms with Gasteiger partial charge in [0.15, 0.2) is 0 Å². The quantitative estimate of drug-likeness (QED) is 0.0722. The van der Waals surface area contributed by atoms with Gasteiger partial charge in [0.05, 0.1) is 47.6 Å². The molecule has 7 heterocycles. The number of hydrogen-bond acceptors (Lipinski definition) is 10. The minimum absolute atomic E-state index is 0. The van der Waals surface area contributed by atoms with Gasteiger partial charge in [-0.25, -0.2) is 0 Å². The fourth-order valence-corrected chi connectivity index (χ4v) is 16.8. The summed E-state index contributed by atoms with van der Waals surface area (Å²) < 4.78 is 0. The number of nitrogens with one attached hydrogen (secondary N) is 3. The Morgan fingerprint density at radius 1 is 0.420 bits per heavy atom. The second-order valence-electron chi connectivity index (χ2n) is 28.8. The SMILES string of the molecule is Cc1ccccc1C(=O)NCC1CCCN(C2CCN(Cc3ccc(Cl)c(Cl)c3)CC2)C1.Cc1ccccc1CC(=O)NCC1CCCN(C2CCN(Cc3ccc(Cl)c(Cl)c3)CC2)C1.O=C(NCC1CCCN(C2CCN(Cc3ccc(Cl)c(Cl)c3)CC2)C1)c1cccc2cccnc12.[HH].[HH].[HH]. The molecule has 6 fully saturated rings. The van der Waals surface area contributed by atoms with Crippen LogP contribution in [0.3, 0.4) is 0 Å². The van der Waals surface area contributed by atoms with Gasteiger partial charge in [0.25, 0.3) is 11.8 Å². The van der Waals surface area contributed by atoms with E-state index in [9.17, 15) is 14.4 Å². The third-order valence-corrected chi connectivity index (χ3v) is 23.8. The minimum atomic E-state index is -0.0259. The maximum absolute atomic E-state index is 12.9. The topological polar surface area (TPSA) is 120 Å². The van der Waals surface area contributed by atoms with Crippen molar-refractivity contribution >= 4 is 98.2 Å². The molecule has 13 nitrogen and oxygen atoms in total. The predicted molar refractivity (Wildman–Crippen MR) is 419 cm³/mol. The number of rotatable bonds is 19. The zero-order valence-electron chi connectivity index (χ0n) is 58.3. The van der Waals surface area contributed by atoms with Gasteiger partial charge in [-0.2, -0.15) is 0 Å². The van der Waals surface area contributed by atoms with E-state index < -0.39 is 0 Å². The van der Waals surface area contributed by atoms with Crippen LogP contribution in [0.25, 0.3) is 10.9 Å². The summed E-state index contributed by atoms with van der Waals surface area (Å²) in [5.41, 5.74) is 9.21. The summed E-state index contributed by atoms with van der Waals surface area (Å²) in [5, 5.41) is 14.3. The largest absolute Gasteiger partial charge is 0.355 e. The summed E-state index contributed by atoms with van der Waals surface area (Å²) in [6.07, 6.45) is 16.6. The Bertz CT molecular complexity index is 3830. The van der Waals surface area contributed by atoms with Crippen LogP contribution in [0.5, 0.6) is 0 Å². The van der Waals surface area contributed by atoms with Crippen molar-refractivity contribution in [2.24, 2.45) is 17.8 Å². The Labute approximate surface area is 628 Å². The number of carbonyl (C=O) groups excluding carboxylic acids is 3. The molecule has 6 saturated heterocycles. The van der Waals surface area contributed by atoms with Gasteiger partial charge < -0.3 is 16.0 Å². The first-order valence-electron chi connectivity index (χ1n) is 36.5. The summed E-state index contributed by atoms with van der Waals surface area (Å²) in [6, 6.07) is 45.4. The Kier molecular flexibility index (Phi) is 28.7. The van der Waals surface area contributed by atoms with Gasteiger partial charge in [0, 0.05) is 98.5 Å². The zero-order chi connectivity index (χ0) is 69.9. The molecule has 3 amide bonds. The van der Waals surface area contributed by atoms with Crippen LogP contribution < -0.4 is 16.0 Å². The molecule has 6 aromatic carbocycles. The maximum atomic E-state index is 12.9. The van der Waals surface area contributed by atoms with E-state index in [1.54, 1.807) is 6.20 Å². The molecule has 0 saturated carbocycles. The third-order valence-electron chi connectivity index (χ3n) is 21.6. The normalized spacial score (nSPS) is 20.6. The van der Waals surface area contributed by atoms with Crippen LogP contribution in [-0.4, -0.2) is 168 Å². The Balaban J connectivity index is 0.000000193. The molecule has 0 aliphatic carbocycles. The molecule has 0 spiro atoms. The number of halogens is 6. The van der Waals surface area contributed by atoms with Crippen LogP contribution >= 0.6 is 69.6 Å². The second kappa shape index (κ2) is 37.9. The summed E-state index contributed by atoms with van der Waals surface area (Å²) in [6.45, 7) is 22.5. The van der Waals surface area contributed by atoms with E-state index in [-0.39, 0.29) is 22.0 Å². The fourth-order valence-electron chi connectivity index (χ4n) is 15.9. The lowest BCUT2D eigenvalue weighted by atomic mass is 9.93. The molecule has 3 atom stereocenters. The van der Waals surface area contributed by atoms with Gasteiger partial charge in [0.2, 0.25) is 5.91 Å². The number of aromatic nitrogens is 1. The number of amides is 3. The van der Waals surface area contributed by atoms with Crippen molar-refractivity contribution in [2.45, 2.75) is 135 Å². The van der Waals surface area contributed by atoms with Crippen LogP contribution in [-0.2, 0) is 30.8 Å². The van der Waals surface area contributed by atoms with Gasteiger partial charge >= 0.3 is 0 Å². The average molecular weight is 1480 g/mol. The fraction of sp³-hybridized carbons (Fsp3) is 0.481. The van der Waals surface area contributed by atoms with E-state index in [0.29, 0.717) is 84.5 Å². The number of benzene rings is 6. The Hall–Kier alpha value is -5.36. The van der Waals surface area contributed by atoms with Crippen LogP contribution in [0.1, 0.15) is 135 Å². The zero-order valence-corrected chi connectivity index (χ0v) is 62.8. The number of fused-ring (bicyclic) bond motifs is 1. The highest BCUT2D eigenvalue weighted by Crippen LogP contribution is 2.32. The van der Waals surface area contributed by atoms with E-state index in [4.69, 9.17) is 69.6 Å². The van der Waals surface area contributed by atoms with Crippen molar-refractivity contribution < 1.29 is 18.7 Å². The second-order valence-corrected chi connectivity index (χ2v) is 31.2. The van der Waals surface area contributed by atoms with Gasteiger partial charge in [0.1, 0.15) is 0 Å². The molecule has 6 aliphatic rings. The number of hydrogen-bond donors (Lipinski definition) is 3. The van der Waals surface area contributed by atoms with E-state index >= 15 is 0 Å². The number of likely N-dealkylation sites (tertiary alicyclic amines) is 6. The molecule has 0 bridgehead atoms. The minimum Gasteiger partial charge on any atom is -0.355 e. The number of aryl methyl sites for hydroxylation is 2. The molecule has 100 heavy (non-hydrogen) atoms. The van der Waals surface area contributed by atoms with Crippen molar-refractivity contribution in [1.29, 1.82) is 0 Å². The number of pyridine rings is 1. The molecule has 0 radical (unpaired) electrons. The smallest absolute Gasteiger partial charge is 0.253 e. The lowest BCUT2D eigenvalue weighted by molar-refractivity contribution is -0.120. The molecular weight excluding hydrogens is 1370 g/mol. The van der Waals surface area contributed by atoms with E-state index in [1.807, 2.05) is 116 Å². The standard InChI is InChI=1S/C28H32Cl2N4O.C27H35Cl2N3O.C26H33Cl2N3O.3H2/c29-25-9-8-20(16-26(25)30)18-33-14-10-23(11-15-33)34-13-3-4-21(19-34)17-32-28(35)24-7-1-5-22-6-2-12-31-27(22)24;1-20-5-2-3-7-23(20)16-27(33)30-17-22-6-4-12-32(19-22)24-10-13-31(14-11-24)18-21-8-9-25(28)26(29)15-21;1-19-5-2-3-7-23(19)26(32)29-16-21-6-4-12-31(18-21)22-10-13-30(14-11-22)17-20-8-9-24(27)25(28)15-20;;;/h1-2,5-9,12,16,21,23H,3-4,10-11,13-15,17-19H2,(H,32,35);2-3,5,7-9,15,22,24H,4,6,10-14,16-19H2,1H3,(H,30,33);2-3,5,7-9,15,21-22H,4,6,10-14,16-18H2,1H3,(H,29,32);3*1H.